The Kier molecular flexibility index (Phi) is 6.36. The molecule has 0 aromatic rings. The van der Waals surface area contributed by atoms with Crippen LogP contribution < -0.4 is 10.6 Å². The highest BCUT2D eigenvalue weighted by atomic mass is 16.2. The first-order valence-electron chi connectivity index (χ1n) is 6.90. The van der Waals surface area contributed by atoms with Crippen molar-refractivity contribution in [3.63, 3.8) is 0 Å². The van der Waals surface area contributed by atoms with Crippen molar-refractivity contribution in [2.45, 2.75) is 39.3 Å². The Morgan fingerprint density at radius 1 is 1.50 bits per heavy atom. The van der Waals surface area contributed by atoms with Gasteiger partial charge < -0.3 is 15.5 Å². The molecule has 1 aliphatic rings. The van der Waals surface area contributed by atoms with E-state index >= 15 is 0 Å². The molecule has 1 saturated heterocycles. The van der Waals surface area contributed by atoms with Gasteiger partial charge in [-0.1, -0.05) is 6.08 Å². The number of amides is 1. The highest BCUT2D eigenvalue weighted by Gasteiger charge is 2.24. The highest BCUT2D eigenvalue weighted by molar-refractivity contribution is 5.81. The van der Waals surface area contributed by atoms with Gasteiger partial charge in [-0.2, -0.15) is 0 Å². The van der Waals surface area contributed by atoms with Crippen molar-refractivity contribution >= 4 is 5.91 Å². The Balaban J connectivity index is 2.21. The van der Waals surface area contributed by atoms with Gasteiger partial charge in [0.2, 0.25) is 5.91 Å². The Hall–Kier alpha value is -0.870. The van der Waals surface area contributed by atoms with E-state index in [1.165, 1.54) is 13.0 Å². The summed E-state index contributed by atoms with van der Waals surface area (Å²) in [6.45, 7) is 13.8. The molecule has 0 saturated carbocycles. The first-order valence-corrected chi connectivity index (χ1v) is 6.90. The monoisotopic (exact) mass is 253 g/mol. The molecule has 4 nitrogen and oxygen atoms in total. The third kappa shape index (κ3) is 4.78. The zero-order chi connectivity index (χ0) is 13.5. The summed E-state index contributed by atoms with van der Waals surface area (Å²) in [7, 11) is 0. The van der Waals surface area contributed by atoms with Crippen molar-refractivity contribution in [1.29, 1.82) is 0 Å². The SMILES string of the molecule is C=CCNC(=O)C(C)NCC1CCN(C(C)C)C1. The number of likely N-dealkylation sites (tertiary alicyclic amines) is 1. The van der Waals surface area contributed by atoms with Crippen molar-refractivity contribution in [1.82, 2.24) is 15.5 Å². The molecule has 1 amide bonds. The molecular formula is C14H27N3O. The molecule has 1 heterocycles. The lowest BCUT2D eigenvalue weighted by atomic mass is 10.1. The van der Waals surface area contributed by atoms with Crippen LogP contribution >= 0.6 is 0 Å². The van der Waals surface area contributed by atoms with Crippen LogP contribution in [0.2, 0.25) is 0 Å². The Morgan fingerprint density at radius 3 is 2.78 bits per heavy atom. The summed E-state index contributed by atoms with van der Waals surface area (Å²) in [5, 5.41) is 6.12. The topological polar surface area (TPSA) is 44.4 Å². The van der Waals surface area contributed by atoms with Crippen LogP contribution in [0.5, 0.6) is 0 Å². The molecule has 1 fully saturated rings. The van der Waals surface area contributed by atoms with Gasteiger partial charge in [0.1, 0.15) is 0 Å². The molecule has 2 N–H and O–H groups in total. The standard InChI is InChI=1S/C14H27N3O/c1-5-7-15-14(18)12(4)16-9-13-6-8-17(10-13)11(2)3/h5,11-13,16H,1,6-10H2,2-4H3,(H,15,18). The zero-order valence-corrected chi connectivity index (χ0v) is 11.9. The van der Waals surface area contributed by atoms with E-state index in [-0.39, 0.29) is 11.9 Å². The minimum atomic E-state index is -0.127. The lowest BCUT2D eigenvalue weighted by Crippen LogP contribution is -2.44. The van der Waals surface area contributed by atoms with Crippen molar-refractivity contribution in [3.05, 3.63) is 12.7 Å². The maximum Gasteiger partial charge on any atom is 0.237 e. The average Bonchev–Trinajstić information content (AvgIpc) is 2.81. The molecule has 0 aromatic carbocycles. The molecule has 1 rings (SSSR count). The lowest BCUT2D eigenvalue weighted by molar-refractivity contribution is -0.122. The second-order valence-electron chi connectivity index (χ2n) is 5.41. The minimum absolute atomic E-state index is 0.0496. The van der Waals surface area contributed by atoms with Crippen LogP contribution in [0.3, 0.4) is 0 Å². The molecule has 0 aliphatic carbocycles. The van der Waals surface area contributed by atoms with Crippen LogP contribution in [0.4, 0.5) is 0 Å². The first kappa shape index (κ1) is 15.2. The van der Waals surface area contributed by atoms with Crippen molar-refractivity contribution < 1.29 is 4.79 Å². The number of carbonyl (C=O) groups excluding carboxylic acids is 1. The summed E-state index contributed by atoms with van der Waals surface area (Å²) in [5.74, 6) is 0.718. The van der Waals surface area contributed by atoms with E-state index in [0.29, 0.717) is 18.5 Å². The van der Waals surface area contributed by atoms with Gasteiger partial charge in [0, 0.05) is 19.1 Å². The zero-order valence-electron chi connectivity index (χ0n) is 11.9. The number of hydrogen-bond donors (Lipinski definition) is 2. The van der Waals surface area contributed by atoms with Gasteiger partial charge in [-0.05, 0) is 46.2 Å². The van der Waals surface area contributed by atoms with Crippen LogP contribution in [0.25, 0.3) is 0 Å². The number of nitrogens with zero attached hydrogens (tertiary/aromatic N) is 1. The summed E-state index contributed by atoms with van der Waals surface area (Å²) >= 11 is 0. The molecule has 0 spiro atoms. The van der Waals surface area contributed by atoms with Gasteiger partial charge in [0.15, 0.2) is 0 Å². The van der Waals surface area contributed by atoms with Crippen molar-refractivity contribution in [2.24, 2.45) is 5.92 Å². The van der Waals surface area contributed by atoms with E-state index < -0.39 is 0 Å². The molecule has 2 atom stereocenters. The maximum absolute atomic E-state index is 11.6. The van der Waals surface area contributed by atoms with Crippen molar-refractivity contribution in [3.8, 4) is 0 Å². The summed E-state index contributed by atoms with van der Waals surface area (Å²) < 4.78 is 0. The second kappa shape index (κ2) is 7.54. The predicted octanol–water partition coefficient (Wildman–Crippen LogP) is 0.997. The predicted molar refractivity (Wildman–Crippen MR) is 75.5 cm³/mol. The third-order valence-corrected chi connectivity index (χ3v) is 3.57. The van der Waals surface area contributed by atoms with Crippen molar-refractivity contribution in [2.75, 3.05) is 26.2 Å². The smallest absolute Gasteiger partial charge is 0.237 e. The molecule has 2 unspecified atom stereocenters. The Morgan fingerprint density at radius 2 is 2.22 bits per heavy atom. The normalized spacial score (nSPS) is 22.1. The number of rotatable bonds is 7. The average molecular weight is 253 g/mol. The van der Waals surface area contributed by atoms with Gasteiger partial charge in [-0.3, -0.25) is 4.79 Å². The summed E-state index contributed by atoms with van der Waals surface area (Å²) in [6, 6.07) is 0.501. The van der Waals surface area contributed by atoms with E-state index in [2.05, 4.69) is 36.0 Å². The lowest BCUT2D eigenvalue weighted by Gasteiger charge is -2.21. The van der Waals surface area contributed by atoms with E-state index in [9.17, 15) is 4.79 Å². The van der Waals surface area contributed by atoms with Crippen LogP contribution in [0.1, 0.15) is 27.2 Å². The molecule has 18 heavy (non-hydrogen) atoms. The summed E-state index contributed by atoms with van der Waals surface area (Å²) in [6.07, 6.45) is 2.92. The molecule has 0 bridgehead atoms. The molecule has 4 heteroatoms. The first-order chi connectivity index (χ1) is 8.54. The van der Waals surface area contributed by atoms with Crippen LogP contribution in [-0.4, -0.2) is 49.1 Å². The number of hydrogen-bond acceptors (Lipinski definition) is 3. The van der Waals surface area contributed by atoms with Crippen LogP contribution in [0, 0.1) is 5.92 Å². The highest BCUT2D eigenvalue weighted by Crippen LogP contribution is 2.17. The molecule has 0 aromatic heterocycles. The Labute approximate surface area is 111 Å². The van der Waals surface area contributed by atoms with Gasteiger partial charge in [-0.15, -0.1) is 6.58 Å². The fourth-order valence-corrected chi connectivity index (χ4v) is 2.26. The second-order valence-corrected chi connectivity index (χ2v) is 5.41. The minimum Gasteiger partial charge on any atom is -0.351 e. The van der Waals surface area contributed by atoms with Gasteiger partial charge in [-0.25, -0.2) is 0 Å². The van der Waals surface area contributed by atoms with Gasteiger partial charge in [0.05, 0.1) is 6.04 Å². The number of nitrogens with one attached hydrogen (secondary N) is 2. The summed E-state index contributed by atoms with van der Waals surface area (Å²) in [5.41, 5.74) is 0. The van der Waals surface area contributed by atoms with E-state index in [4.69, 9.17) is 0 Å². The Bertz CT molecular complexity index is 278. The third-order valence-electron chi connectivity index (χ3n) is 3.57. The fraction of sp³-hybridized carbons (Fsp3) is 0.786. The summed E-state index contributed by atoms with van der Waals surface area (Å²) in [4.78, 5) is 14.1. The molecule has 1 aliphatic heterocycles. The molecule has 104 valence electrons. The largest absolute Gasteiger partial charge is 0.351 e. The van der Waals surface area contributed by atoms with E-state index in [1.54, 1.807) is 6.08 Å². The van der Waals surface area contributed by atoms with Gasteiger partial charge in [0.25, 0.3) is 0 Å². The number of carbonyl (C=O) groups is 1. The quantitative estimate of drug-likeness (QED) is 0.665. The van der Waals surface area contributed by atoms with E-state index in [1.807, 2.05) is 6.92 Å². The maximum atomic E-state index is 11.6. The fourth-order valence-electron chi connectivity index (χ4n) is 2.26. The van der Waals surface area contributed by atoms with Gasteiger partial charge >= 0.3 is 0 Å². The molecular weight excluding hydrogens is 226 g/mol. The van der Waals surface area contributed by atoms with Crippen LogP contribution in [0.15, 0.2) is 12.7 Å². The molecule has 0 radical (unpaired) electrons. The van der Waals surface area contributed by atoms with E-state index in [0.717, 1.165) is 13.1 Å². The van der Waals surface area contributed by atoms with Crippen LogP contribution in [-0.2, 0) is 4.79 Å².